The Balaban J connectivity index is 2.14. The van der Waals surface area contributed by atoms with E-state index in [4.69, 9.17) is 4.74 Å². The number of imidazole rings is 1. The fourth-order valence-corrected chi connectivity index (χ4v) is 1.85. The van der Waals surface area contributed by atoms with E-state index in [0.29, 0.717) is 24.4 Å². The summed E-state index contributed by atoms with van der Waals surface area (Å²) in [5.41, 5.74) is 0.622. The van der Waals surface area contributed by atoms with Crippen LogP contribution in [0, 0.1) is 5.82 Å². The second-order valence-corrected chi connectivity index (χ2v) is 4.21. The molecule has 2 rings (SSSR count). The van der Waals surface area contributed by atoms with Gasteiger partial charge in [-0.25, -0.2) is 9.37 Å². The first-order chi connectivity index (χ1) is 9.24. The summed E-state index contributed by atoms with van der Waals surface area (Å²) in [6, 6.07) is 4.90. The summed E-state index contributed by atoms with van der Waals surface area (Å²) in [6.07, 6.45) is 3.59. The summed E-state index contributed by atoms with van der Waals surface area (Å²) in [6.45, 7) is 4.07. The molecule has 1 N–H and O–H groups in total. The van der Waals surface area contributed by atoms with Crippen LogP contribution in [0.4, 0.5) is 4.39 Å². The van der Waals surface area contributed by atoms with Crippen LogP contribution < -0.4 is 10.1 Å². The fraction of sp³-hybridized carbons (Fsp3) is 0.357. The van der Waals surface area contributed by atoms with Gasteiger partial charge in [0.1, 0.15) is 17.4 Å². The maximum Gasteiger partial charge on any atom is 0.131 e. The molecule has 0 aliphatic carbocycles. The molecule has 2 aromatic rings. The van der Waals surface area contributed by atoms with E-state index < -0.39 is 0 Å². The number of rotatable bonds is 6. The van der Waals surface area contributed by atoms with Crippen LogP contribution in [0.2, 0.25) is 0 Å². The van der Waals surface area contributed by atoms with E-state index >= 15 is 0 Å². The van der Waals surface area contributed by atoms with E-state index in [1.54, 1.807) is 18.3 Å². The van der Waals surface area contributed by atoms with Crippen molar-refractivity contribution in [1.29, 1.82) is 0 Å². The van der Waals surface area contributed by atoms with Crippen LogP contribution in [0.3, 0.4) is 0 Å². The van der Waals surface area contributed by atoms with Gasteiger partial charge in [0.25, 0.3) is 0 Å². The lowest BCUT2D eigenvalue weighted by molar-refractivity contribution is 0.410. The van der Waals surface area contributed by atoms with Crippen LogP contribution in [0.15, 0.2) is 30.6 Å². The van der Waals surface area contributed by atoms with Gasteiger partial charge in [-0.2, -0.15) is 0 Å². The molecule has 0 spiro atoms. The Morgan fingerprint density at radius 2 is 2.26 bits per heavy atom. The first kappa shape index (κ1) is 13.5. The van der Waals surface area contributed by atoms with Gasteiger partial charge in [-0.05, 0) is 12.6 Å². The third-order valence-electron chi connectivity index (χ3n) is 2.94. The predicted octanol–water partition coefficient (Wildman–Crippen LogP) is 2.19. The molecule has 0 aliphatic heterocycles. The van der Waals surface area contributed by atoms with Crippen molar-refractivity contribution in [3.63, 3.8) is 0 Å². The molecule has 0 saturated heterocycles. The molecule has 0 radical (unpaired) electrons. The van der Waals surface area contributed by atoms with Crippen molar-refractivity contribution in [1.82, 2.24) is 14.9 Å². The van der Waals surface area contributed by atoms with Crippen molar-refractivity contribution < 1.29 is 9.13 Å². The Morgan fingerprint density at radius 3 is 2.95 bits per heavy atom. The van der Waals surface area contributed by atoms with Gasteiger partial charge in [0.15, 0.2) is 0 Å². The number of benzene rings is 1. The van der Waals surface area contributed by atoms with E-state index in [1.807, 2.05) is 17.7 Å². The lowest BCUT2D eigenvalue weighted by Crippen LogP contribution is -2.16. The molecule has 102 valence electrons. The minimum absolute atomic E-state index is 0.262. The van der Waals surface area contributed by atoms with Gasteiger partial charge in [0.05, 0.1) is 20.2 Å². The molecule has 0 aliphatic rings. The van der Waals surface area contributed by atoms with Crippen molar-refractivity contribution in [3.05, 3.63) is 47.8 Å². The first-order valence-electron chi connectivity index (χ1n) is 6.27. The van der Waals surface area contributed by atoms with Crippen molar-refractivity contribution >= 4 is 0 Å². The molecule has 0 bridgehead atoms. The van der Waals surface area contributed by atoms with Crippen molar-refractivity contribution in [2.45, 2.75) is 20.0 Å². The van der Waals surface area contributed by atoms with E-state index in [-0.39, 0.29) is 5.82 Å². The fourth-order valence-electron chi connectivity index (χ4n) is 1.85. The quantitative estimate of drug-likeness (QED) is 0.868. The molecule has 5 heteroatoms. The summed E-state index contributed by atoms with van der Waals surface area (Å²) < 4.78 is 20.8. The second-order valence-electron chi connectivity index (χ2n) is 4.21. The maximum atomic E-state index is 13.9. The van der Waals surface area contributed by atoms with Crippen molar-refractivity contribution in [2.75, 3.05) is 13.7 Å². The molecule has 0 saturated carbocycles. The van der Waals surface area contributed by atoms with Crippen molar-refractivity contribution in [3.8, 4) is 5.75 Å². The standard InChI is InChI=1S/C14H18FN3O/c1-3-16-9-14-17-6-7-18(14)10-11-4-5-12(19-2)8-13(11)15/h4-8,16H,3,9-10H2,1-2H3. The van der Waals surface area contributed by atoms with Gasteiger partial charge < -0.3 is 14.6 Å². The second kappa shape index (κ2) is 6.33. The number of nitrogens with zero attached hydrogens (tertiary/aromatic N) is 2. The Kier molecular flexibility index (Phi) is 4.52. The first-order valence-corrected chi connectivity index (χ1v) is 6.27. The zero-order chi connectivity index (χ0) is 13.7. The molecular formula is C14H18FN3O. The summed E-state index contributed by atoms with van der Waals surface area (Å²) in [4.78, 5) is 4.27. The number of hydrogen-bond acceptors (Lipinski definition) is 3. The van der Waals surface area contributed by atoms with Gasteiger partial charge >= 0.3 is 0 Å². The lowest BCUT2D eigenvalue weighted by Gasteiger charge is -2.10. The Morgan fingerprint density at radius 1 is 1.42 bits per heavy atom. The highest BCUT2D eigenvalue weighted by Gasteiger charge is 2.07. The smallest absolute Gasteiger partial charge is 0.131 e. The number of nitrogens with one attached hydrogen (secondary N) is 1. The SMILES string of the molecule is CCNCc1nccn1Cc1ccc(OC)cc1F. The molecule has 0 fully saturated rings. The highest BCUT2D eigenvalue weighted by molar-refractivity contribution is 5.29. The highest BCUT2D eigenvalue weighted by Crippen LogP contribution is 2.17. The molecule has 1 aromatic carbocycles. The number of methoxy groups -OCH3 is 1. The lowest BCUT2D eigenvalue weighted by atomic mass is 10.2. The average molecular weight is 263 g/mol. The van der Waals surface area contributed by atoms with Crippen LogP contribution in [0.25, 0.3) is 0 Å². The van der Waals surface area contributed by atoms with Gasteiger partial charge in [-0.15, -0.1) is 0 Å². The number of halogens is 1. The van der Waals surface area contributed by atoms with E-state index in [9.17, 15) is 4.39 Å². The topological polar surface area (TPSA) is 39.1 Å². The summed E-state index contributed by atoms with van der Waals surface area (Å²) in [7, 11) is 1.53. The molecule has 0 unspecified atom stereocenters. The molecule has 0 amide bonds. The molecular weight excluding hydrogens is 245 g/mol. The van der Waals surface area contributed by atoms with E-state index in [0.717, 1.165) is 12.4 Å². The molecule has 0 atom stereocenters. The van der Waals surface area contributed by atoms with Crippen LogP contribution in [0.5, 0.6) is 5.75 Å². The molecule has 19 heavy (non-hydrogen) atoms. The van der Waals surface area contributed by atoms with Crippen LogP contribution in [-0.4, -0.2) is 23.2 Å². The van der Waals surface area contributed by atoms with Gasteiger partial charge in [-0.3, -0.25) is 0 Å². The Labute approximate surface area is 112 Å². The van der Waals surface area contributed by atoms with Crippen LogP contribution >= 0.6 is 0 Å². The third kappa shape index (κ3) is 3.32. The third-order valence-corrected chi connectivity index (χ3v) is 2.94. The Bertz CT molecular complexity index is 539. The highest BCUT2D eigenvalue weighted by atomic mass is 19.1. The van der Waals surface area contributed by atoms with Gasteiger partial charge in [-0.1, -0.05) is 13.0 Å². The largest absolute Gasteiger partial charge is 0.497 e. The predicted molar refractivity (Wildman–Crippen MR) is 71.7 cm³/mol. The Hall–Kier alpha value is -1.88. The normalized spacial score (nSPS) is 10.7. The number of hydrogen-bond donors (Lipinski definition) is 1. The van der Waals surface area contributed by atoms with Gasteiger partial charge in [0.2, 0.25) is 0 Å². The summed E-state index contributed by atoms with van der Waals surface area (Å²) >= 11 is 0. The van der Waals surface area contributed by atoms with Crippen LogP contribution in [-0.2, 0) is 13.1 Å². The van der Waals surface area contributed by atoms with Crippen LogP contribution in [0.1, 0.15) is 18.3 Å². The zero-order valence-electron chi connectivity index (χ0n) is 11.2. The van der Waals surface area contributed by atoms with E-state index in [1.165, 1.54) is 13.2 Å². The maximum absolute atomic E-state index is 13.9. The number of aromatic nitrogens is 2. The monoisotopic (exact) mass is 263 g/mol. The molecule has 4 nitrogen and oxygen atoms in total. The summed E-state index contributed by atoms with van der Waals surface area (Å²) in [5.74, 6) is 1.17. The molecule has 1 aromatic heterocycles. The summed E-state index contributed by atoms with van der Waals surface area (Å²) in [5, 5.41) is 3.21. The zero-order valence-corrected chi connectivity index (χ0v) is 11.2. The average Bonchev–Trinajstić information content (AvgIpc) is 2.86. The minimum atomic E-state index is -0.262. The number of ether oxygens (including phenoxy) is 1. The van der Waals surface area contributed by atoms with Gasteiger partial charge in [0, 0.05) is 24.0 Å². The molecule has 1 heterocycles. The van der Waals surface area contributed by atoms with E-state index in [2.05, 4.69) is 10.3 Å². The minimum Gasteiger partial charge on any atom is -0.497 e. The van der Waals surface area contributed by atoms with Crippen molar-refractivity contribution in [2.24, 2.45) is 0 Å².